The number of benzene rings is 2. The van der Waals surface area contributed by atoms with Crippen molar-refractivity contribution in [3.05, 3.63) is 59.7 Å². The highest BCUT2D eigenvalue weighted by atomic mass is 16.6. The first-order valence-corrected chi connectivity index (χ1v) is 8.48. The summed E-state index contributed by atoms with van der Waals surface area (Å²) in [6.45, 7) is 3.12. The second kappa shape index (κ2) is 6.19. The van der Waals surface area contributed by atoms with Gasteiger partial charge in [0.1, 0.15) is 6.61 Å². The van der Waals surface area contributed by atoms with Crippen molar-refractivity contribution < 1.29 is 14.3 Å². The van der Waals surface area contributed by atoms with Gasteiger partial charge in [0, 0.05) is 6.54 Å². The fourth-order valence-electron chi connectivity index (χ4n) is 3.49. The molecule has 2 aromatic rings. The normalized spacial score (nSPS) is 22.5. The Hall–Kier alpha value is -2.49. The Morgan fingerprint density at radius 3 is 2.62 bits per heavy atom. The highest BCUT2D eigenvalue weighted by Crippen LogP contribution is 2.35. The molecule has 2 aliphatic rings. The van der Waals surface area contributed by atoms with Crippen molar-refractivity contribution in [1.29, 1.82) is 0 Å². The summed E-state index contributed by atoms with van der Waals surface area (Å²) in [5.41, 5.74) is 2.43. The molecule has 0 bridgehead atoms. The Bertz CT molecular complexity index is 741. The molecule has 1 fully saturated rings. The van der Waals surface area contributed by atoms with Crippen molar-refractivity contribution >= 4 is 5.91 Å². The van der Waals surface area contributed by atoms with Crippen LogP contribution in [0.25, 0.3) is 0 Å². The molecule has 2 aliphatic heterocycles. The van der Waals surface area contributed by atoms with E-state index in [1.807, 2.05) is 29.2 Å². The smallest absolute Gasteiger partial charge is 0.267 e. The van der Waals surface area contributed by atoms with Gasteiger partial charge in [-0.1, -0.05) is 42.0 Å². The lowest BCUT2D eigenvalue weighted by atomic mass is 10.0. The lowest BCUT2D eigenvalue weighted by Crippen LogP contribution is -2.46. The molecule has 0 N–H and O–H groups in total. The van der Waals surface area contributed by atoms with Crippen LogP contribution in [0, 0.1) is 6.92 Å². The summed E-state index contributed by atoms with van der Waals surface area (Å²) in [6, 6.07) is 16.1. The number of fused-ring (bicyclic) bond motifs is 1. The number of aryl methyl sites for hydroxylation is 1. The third kappa shape index (κ3) is 2.73. The molecule has 2 unspecified atom stereocenters. The fraction of sp³-hybridized carbons (Fsp3) is 0.350. The summed E-state index contributed by atoms with van der Waals surface area (Å²) in [6.07, 6.45) is 1.46. The quantitative estimate of drug-likeness (QED) is 0.849. The largest absolute Gasteiger partial charge is 0.485 e. The lowest BCUT2D eigenvalue weighted by Gasteiger charge is -2.32. The molecule has 2 atom stereocenters. The second-order valence-corrected chi connectivity index (χ2v) is 6.46. The van der Waals surface area contributed by atoms with Gasteiger partial charge in [-0.25, -0.2) is 0 Å². The number of carbonyl (C=O) groups excluding carboxylic acids is 1. The summed E-state index contributed by atoms with van der Waals surface area (Å²) in [4.78, 5) is 14.9. The van der Waals surface area contributed by atoms with Crippen LogP contribution in [0.4, 0.5) is 0 Å². The van der Waals surface area contributed by atoms with E-state index in [1.165, 1.54) is 11.1 Å². The number of likely N-dealkylation sites (tertiary alicyclic amines) is 1. The van der Waals surface area contributed by atoms with E-state index >= 15 is 0 Å². The summed E-state index contributed by atoms with van der Waals surface area (Å²) in [5, 5.41) is 0. The summed E-state index contributed by atoms with van der Waals surface area (Å²) in [7, 11) is 0. The minimum Gasteiger partial charge on any atom is -0.485 e. The monoisotopic (exact) mass is 323 g/mol. The van der Waals surface area contributed by atoms with Gasteiger partial charge in [-0.15, -0.1) is 0 Å². The average molecular weight is 323 g/mol. The number of nitrogens with zero attached hydrogens (tertiary/aromatic N) is 1. The number of hydrogen-bond acceptors (Lipinski definition) is 3. The zero-order valence-corrected chi connectivity index (χ0v) is 13.8. The van der Waals surface area contributed by atoms with Gasteiger partial charge >= 0.3 is 0 Å². The van der Waals surface area contributed by atoms with Crippen LogP contribution in [0.3, 0.4) is 0 Å². The van der Waals surface area contributed by atoms with E-state index in [1.54, 1.807) is 0 Å². The van der Waals surface area contributed by atoms with E-state index in [0.29, 0.717) is 11.5 Å². The van der Waals surface area contributed by atoms with E-state index in [2.05, 4.69) is 31.2 Å². The fourth-order valence-corrected chi connectivity index (χ4v) is 3.49. The first-order chi connectivity index (χ1) is 11.7. The van der Waals surface area contributed by atoms with Crippen molar-refractivity contribution in [3.63, 3.8) is 0 Å². The van der Waals surface area contributed by atoms with Crippen LogP contribution in [-0.4, -0.2) is 30.1 Å². The van der Waals surface area contributed by atoms with Gasteiger partial charge in [-0.05, 0) is 37.5 Å². The molecule has 124 valence electrons. The van der Waals surface area contributed by atoms with Crippen molar-refractivity contribution in [2.75, 3.05) is 13.2 Å². The third-order valence-electron chi connectivity index (χ3n) is 4.78. The van der Waals surface area contributed by atoms with E-state index in [0.717, 1.165) is 19.4 Å². The molecule has 4 nitrogen and oxygen atoms in total. The maximum Gasteiger partial charge on any atom is 0.267 e. The maximum atomic E-state index is 13.0. The summed E-state index contributed by atoms with van der Waals surface area (Å²) >= 11 is 0. The molecule has 1 amide bonds. The average Bonchev–Trinajstić information content (AvgIpc) is 3.11. The zero-order valence-electron chi connectivity index (χ0n) is 13.8. The highest BCUT2D eigenvalue weighted by Gasteiger charge is 2.37. The van der Waals surface area contributed by atoms with Crippen LogP contribution in [0.15, 0.2) is 48.5 Å². The zero-order chi connectivity index (χ0) is 16.5. The number of ether oxygens (including phenoxy) is 2. The Labute approximate surface area is 142 Å². The predicted octanol–water partition coefficient (Wildman–Crippen LogP) is 3.50. The number of rotatable bonds is 2. The first kappa shape index (κ1) is 15.1. The first-order valence-electron chi connectivity index (χ1n) is 8.48. The Morgan fingerprint density at radius 2 is 1.83 bits per heavy atom. The van der Waals surface area contributed by atoms with E-state index in [9.17, 15) is 4.79 Å². The minimum absolute atomic E-state index is 0.0209. The van der Waals surface area contributed by atoms with Crippen molar-refractivity contribution in [2.24, 2.45) is 0 Å². The number of hydrogen-bond donors (Lipinski definition) is 0. The molecule has 1 saturated heterocycles. The Balaban J connectivity index is 1.52. The van der Waals surface area contributed by atoms with Crippen LogP contribution in [0.2, 0.25) is 0 Å². The maximum absolute atomic E-state index is 13.0. The highest BCUT2D eigenvalue weighted by molar-refractivity contribution is 5.82. The van der Waals surface area contributed by atoms with Crippen molar-refractivity contribution in [1.82, 2.24) is 4.90 Å². The van der Waals surface area contributed by atoms with Crippen LogP contribution < -0.4 is 9.47 Å². The van der Waals surface area contributed by atoms with E-state index in [-0.39, 0.29) is 18.6 Å². The number of para-hydroxylation sites is 2. The molecule has 24 heavy (non-hydrogen) atoms. The van der Waals surface area contributed by atoms with Gasteiger partial charge in [0.2, 0.25) is 6.10 Å². The predicted molar refractivity (Wildman–Crippen MR) is 91.2 cm³/mol. The van der Waals surface area contributed by atoms with Gasteiger partial charge in [0.15, 0.2) is 11.5 Å². The van der Waals surface area contributed by atoms with Crippen molar-refractivity contribution in [3.8, 4) is 11.5 Å². The topological polar surface area (TPSA) is 38.8 Å². The molecule has 2 heterocycles. The molecule has 2 aromatic carbocycles. The summed E-state index contributed by atoms with van der Waals surface area (Å²) < 4.78 is 11.6. The number of carbonyl (C=O) groups is 1. The minimum atomic E-state index is -0.564. The molecule has 0 aliphatic carbocycles. The lowest BCUT2D eigenvalue weighted by molar-refractivity contribution is -0.142. The van der Waals surface area contributed by atoms with Gasteiger partial charge < -0.3 is 14.4 Å². The Morgan fingerprint density at radius 1 is 1.08 bits per heavy atom. The van der Waals surface area contributed by atoms with Crippen LogP contribution >= 0.6 is 0 Å². The van der Waals surface area contributed by atoms with E-state index < -0.39 is 6.10 Å². The second-order valence-electron chi connectivity index (χ2n) is 6.46. The molecule has 0 spiro atoms. The molecule has 0 aromatic heterocycles. The van der Waals surface area contributed by atoms with Gasteiger partial charge in [-0.2, -0.15) is 0 Å². The molecule has 0 radical (unpaired) electrons. The van der Waals surface area contributed by atoms with Gasteiger partial charge in [0.05, 0.1) is 6.04 Å². The van der Waals surface area contributed by atoms with Gasteiger partial charge in [0.25, 0.3) is 5.91 Å². The third-order valence-corrected chi connectivity index (χ3v) is 4.78. The molecular weight excluding hydrogens is 302 g/mol. The van der Waals surface area contributed by atoms with Crippen LogP contribution in [-0.2, 0) is 4.79 Å². The van der Waals surface area contributed by atoms with Crippen molar-refractivity contribution in [2.45, 2.75) is 31.9 Å². The SMILES string of the molecule is Cc1ccc(C2CCCN2C(=O)C2COc3ccccc3O2)cc1. The molecule has 4 heteroatoms. The van der Waals surface area contributed by atoms with Crippen LogP contribution in [0.1, 0.15) is 30.0 Å². The standard InChI is InChI=1S/C20H21NO3/c1-14-8-10-15(11-9-14)16-5-4-12-21(16)20(22)19-13-23-17-6-2-3-7-18(17)24-19/h2-3,6-11,16,19H,4-5,12-13H2,1H3. The molecule has 0 saturated carbocycles. The molecular formula is C20H21NO3. The molecule has 4 rings (SSSR count). The van der Waals surface area contributed by atoms with E-state index in [4.69, 9.17) is 9.47 Å². The number of amides is 1. The van der Waals surface area contributed by atoms with Crippen LogP contribution in [0.5, 0.6) is 11.5 Å². The Kier molecular flexibility index (Phi) is 3.89. The van der Waals surface area contributed by atoms with Gasteiger partial charge in [-0.3, -0.25) is 4.79 Å². The summed E-state index contributed by atoms with van der Waals surface area (Å²) in [5.74, 6) is 1.37.